The molecule has 0 spiro atoms. The first-order valence-electron chi connectivity index (χ1n) is 6.48. The van der Waals surface area contributed by atoms with Crippen LogP contribution in [0.1, 0.15) is 39.5 Å². The van der Waals surface area contributed by atoms with Crippen molar-refractivity contribution in [2.75, 3.05) is 31.1 Å². The van der Waals surface area contributed by atoms with Crippen LogP contribution in [0.4, 0.5) is 0 Å². The first-order chi connectivity index (χ1) is 7.68. The van der Waals surface area contributed by atoms with Crippen molar-refractivity contribution >= 4 is 10.8 Å². The summed E-state index contributed by atoms with van der Waals surface area (Å²) in [5.41, 5.74) is 6.20. The average Bonchev–Trinajstić information content (AvgIpc) is 2.29. The van der Waals surface area contributed by atoms with E-state index in [-0.39, 0.29) is 5.54 Å². The van der Waals surface area contributed by atoms with Crippen LogP contribution in [0.15, 0.2) is 0 Å². The molecule has 0 aromatic rings. The van der Waals surface area contributed by atoms with Crippen molar-refractivity contribution in [1.29, 1.82) is 0 Å². The van der Waals surface area contributed by atoms with E-state index in [0.29, 0.717) is 0 Å². The molecule has 0 aromatic heterocycles. The van der Waals surface area contributed by atoms with E-state index in [1.165, 1.54) is 25.7 Å². The van der Waals surface area contributed by atoms with Crippen molar-refractivity contribution in [3.63, 3.8) is 0 Å². The fourth-order valence-corrected chi connectivity index (χ4v) is 3.87. The van der Waals surface area contributed by atoms with Crippen LogP contribution in [0.25, 0.3) is 0 Å². The van der Waals surface area contributed by atoms with Gasteiger partial charge in [-0.05, 0) is 12.8 Å². The van der Waals surface area contributed by atoms with Crippen LogP contribution < -0.4 is 5.73 Å². The number of rotatable bonds is 6. The molecular formula is C12H26N2OS. The van der Waals surface area contributed by atoms with Gasteiger partial charge in [-0.15, -0.1) is 0 Å². The van der Waals surface area contributed by atoms with Crippen molar-refractivity contribution in [2.45, 2.75) is 45.1 Å². The minimum absolute atomic E-state index is 0.175. The molecule has 1 saturated heterocycles. The van der Waals surface area contributed by atoms with Crippen LogP contribution in [0, 0.1) is 0 Å². The predicted octanol–water partition coefficient (Wildman–Crippen LogP) is 1.35. The number of nitrogens with two attached hydrogens (primary N) is 1. The molecule has 0 unspecified atom stereocenters. The molecule has 1 aliphatic rings. The molecule has 3 nitrogen and oxygen atoms in total. The lowest BCUT2D eigenvalue weighted by Gasteiger charge is -2.45. The van der Waals surface area contributed by atoms with Crippen molar-refractivity contribution in [1.82, 2.24) is 4.90 Å². The smallest absolute Gasteiger partial charge is 0.0363 e. The third-order valence-electron chi connectivity index (χ3n) is 3.66. The van der Waals surface area contributed by atoms with E-state index >= 15 is 0 Å². The Morgan fingerprint density at radius 2 is 1.69 bits per heavy atom. The lowest BCUT2D eigenvalue weighted by atomic mass is 9.86. The Morgan fingerprint density at radius 3 is 2.06 bits per heavy atom. The topological polar surface area (TPSA) is 46.3 Å². The highest BCUT2D eigenvalue weighted by Crippen LogP contribution is 2.27. The summed E-state index contributed by atoms with van der Waals surface area (Å²) in [6, 6.07) is 0. The second kappa shape index (κ2) is 6.72. The molecule has 4 heteroatoms. The van der Waals surface area contributed by atoms with E-state index in [4.69, 9.17) is 5.73 Å². The maximum absolute atomic E-state index is 11.4. The van der Waals surface area contributed by atoms with Gasteiger partial charge in [-0.3, -0.25) is 9.11 Å². The summed E-state index contributed by atoms with van der Waals surface area (Å²) in [6.45, 7) is 7.11. The van der Waals surface area contributed by atoms with E-state index in [9.17, 15) is 4.21 Å². The van der Waals surface area contributed by atoms with E-state index in [1.54, 1.807) is 0 Å². The van der Waals surface area contributed by atoms with Gasteiger partial charge in [0.15, 0.2) is 0 Å². The van der Waals surface area contributed by atoms with Crippen LogP contribution in [0.2, 0.25) is 0 Å². The van der Waals surface area contributed by atoms with Crippen LogP contribution in [0.5, 0.6) is 0 Å². The fourth-order valence-electron chi connectivity index (χ4n) is 2.82. The Morgan fingerprint density at radius 1 is 1.19 bits per heavy atom. The van der Waals surface area contributed by atoms with E-state index in [2.05, 4.69) is 18.7 Å². The second-order valence-electron chi connectivity index (χ2n) is 4.76. The van der Waals surface area contributed by atoms with Crippen LogP contribution in [-0.2, 0) is 10.8 Å². The Hall–Kier alpha value is 0.0700. The molecule has 0 saturated carbocycles. The number of nitrogens with zero attached hydrogens (tertiary/aromatic N) is 1. The summed E-state index contributed by atoms with van der Waals surface area (Å²) >= 11 is 0. The fraction of sp³-hybridized carbons (Fsp3) is 1.00. The lowest BCUT2D eigenvalue weighted by molar-refractivity contribution is 0.0844. The normalized spacial score (nSPS) is 20.2. The summed E-state index contributed by atoms with van der Waals surface area (Å²) in [6.07, 6.45) is 4.70. The zero-order valence-corrected chi connectivity index (χ0v) is 11.5. The first kappa shape index (κ1) is 14.1. The SMILES string of the molecule is CCCC(CN)(CCC)N1CCS(=O)CC1. The first-order valence-corrected chi connectivity index (χ1v) is 7.97. The lowest BCUT2D eigenvalue weighted by Crippen LogP contribution is -2.57. The Balaban J connectivity index is 2.69. The molecular weight excluding hydrogens is 220 g/mol. The Kier molecular flexibility index (Phi) is 5.94. The van der Waals surface area contributed by atoms with Gasteiger partial charge < -0.3 is 5.73 Å². The molecule has 16 heavy (non-hydrogen) atoms. The van der Waals surface area contributed by atoms with Crippen molar-refractivity contribution in [2.24, 2.45) is 5.73 Å². The molecule has 1 rings (SSSR count). The van der Waals surface area contributed by atoms with Gasteiger partial charge in [-0.25, -0.2) is 0 Å². The van der Waals surface area contributed by atoms with Crippen molar-refractivity contribution in [3.05, 3.63) is 0 Å². The molecule has 0 bridgehead atoms. The monoisotopic (exact) mass is 246 g/mol. The largest absolute Gasteiger partial charge is 0.329 e. The maximum Gasteiger partial charge on any atom is 0.0363 e. The molecule has 96 valence electrons. The Bertz CT molecular complexity index is 217. The summed E-state index contributed by atoms with van der Waals surface area (Å²) in [7, 11) is -0.588. The molecule has 1 heterocycles. The van der Waals surface area contributed by atoms with Gasteiger partial charge in [0.05, 0.1) is 0 Å². The van der Waals surface area contributed by atoms with E-state index in [1.807, 2.05) is 0 Å². The highest BCUT2D eigenvalue weighted by molar-refractivity contribution is 7.85. The minimum Gasteiger partial charge on any atom is -0.329 e. The standard InChI is InChI=1S/C12H26N2OS/c1-3-5-12(11-13,6-4-2)14-7-9-16(15)10-8-14/h3-11,13H2,1-2H3. The molecule has 1 aliphatic heterocycles. The summed E-state index contributed by atoms with van der Waals surface area (Å²) in [4.78, 5) is 2.50. The van der Waals surface area contributed by atoms with E-state index in [0.717, 1.165) is 31.1 Å². The van der Waals surface area contributed by atoms with Crippen LogP contribution in [0.3, 0.4) is 0 Å². The van der Waals surface area contributed by atoms with Gasteiger partial charge in [0, 0.05) is 47.5 Å². The van der Waals surface area contributed by atoms with Gasteiger partial charge in [0.2, 0.25) is 0 Å². The molecule has 1 fully saturated rings. The second-order valence-corrected chi connectivity index (χ2v) is 6.46. The molecule has 0 aliphatic carbocycles. The average molecular weight is 246 g/mol. The predicted molar refractivity (Wildman–Crippen MR) is 71.1 cm³/mol. The van der Waals surface area contributed by atoms with Gasteiger partial charge in [0.1, 0.15) is 0 Å². The molecule has 0 amide bonds. The summed E-state index contributed by atoms with van der Waals surface area (Å²) < 4.78 is 11.4. The molecule has 0 aromatic carbocycles. The minimum atomic E-state index is -0.588. The quantitative estimate of drug-likeness (QED) is 0.769. The third-order valence-corrected chi connectivity index (χ3v) is 4.94. The van der Waals surface area contributed by atoms with E-state index < -0.39 is 10.8 Å². The highest BCUT2D eigenvalue weighted by Gasteiger charge is 2.35. The highest BCUT2D eigenvalue weighted by atomic mass is 32.2. The van der Waals surface area contributed by atoms with Gasteiger partial charge in [-0.2, -0.15) is 0 Å². The summed E-state index contributed by atoms with van der Waals surface area (Å²) in [5.74, 6) is 1.66. The van der Waals surface area contributed by atoms with Crippen molar-refractivity contribution in [3.8, 4) is 0 Å². The van der Waals surface area contributed by atoms with Gasteiger partial charge in [-0.1, -0.05) is 26.7 Å². The zero-order chi connectivity index (χ0) is 12.0. The molecule has 0 radical (unpaired) electrons. The summed E-state index contributed by atoms with van der Waals surface area (Å²) in [5, 5.41) is 0. The van der Waals surface area contributed by atoms with Crippen LogP contribution >= 0.6 is 0 Å². The number of hydrogen-bond acceptors (Lipinski definition) is 3. The molecule has 2 N–H and O–H groups in total. The zero-order valence-electron chi connectivity index (χ0n) is 10.7. The van der Waals surface area contributed by atoms with Crippen molar-refractivity contribution < 1.29 is 4.21 Å². The molecule has 0 atom stereocenters. The van der Waals surface area contributed by atoms with Crippen LogP contribution in [-0.4, -0.2) is 45.8 Å². The van der Waals surface area contributed by atoms with Gasteiger partial charge >= 0.3 is 0 Å². The maximum atomic E-state index is 11.4. The third kappa shape index (κ3) is 3.28. The van der Waals surface area contributed by atoms with Gasteiger partial charge in [0.25, 0.3) is 0 Å². The Labute approximate surface area is 102 Å². The number of hydrogen-bond donors (Lipinski definition) is 1.